The Hall–Kier alpha value is -1.16. The fourth-order valence-electron chi connectivity index (χ4n) is 2.67. The highest BCUT2D eigenvalue weighted by Crippen LogP contribution is 2.44. The highest BCUT2D eigenvalue weighted by atomic mass is 16.6. The van der Waals surface area contributed by atoms with E-state index in [0.717, 1.165) is 12.0 Å². The van der Waals surface area contributed by atoms with Gasteiger partial charge in [-0.15, -0.1) is 0 Å². The molecule has 1 aromatic rings. The summed E-state index contributed by atoms with van der Waals surface area (Å²) in [5.74, 6) is 0. The van der Waals surface area contributed by atoms with Gasteiger partial charge in [0, 0.05) is 6.42 Å². The number of rotatable bonds is 1. The molecule has 3 atom stereocenters. The molecule has 0 aliphatic carbocycles. The van der Waals surface area contributed by atoms with Crippen molar-refractivity contribution in [2.45, 2.75) is 30.8 Å². The van der Waals surface area contributed by atoms with E-state index in [0.29, 0.717) is 13.0 Å². The molecule has 0 radical (unpaired) electrons. The Morgan fingerprint density at radius 3 is 2.76 bits per heavy atom. The Labute approximate surface area is 101 Å². The van der Waals surface area contributed by atoms with Crippen molar-refractivity contribution in [2.75, 3.05) is 6.61 Å². The zero-order valence-electron chi connectivity index (χ0n) is 9.58. The normalized spacial score (nSPS) is 36.5. The third kappa shape index (κ3) is 1.90. The third-order valence-electron chi connectivity index (χ3n) is 3.44. The minimum absolute atomic E-state index is 0.120. The predicted octanol–water partition coefficient (Wildman–Crippen LogP) is 2.18. The van der Waals surface area contributed by atoms with E-state index in [2.05, 4.69) is 0 Å². The molecule has 0 amide bonds. The maximum atomic E-state index is 9.60. The second-order valence-corrected chi connectivity index (χ2v) is 4.59. The molecule has 0 saturated carbocycles. The highest BCUT2D eigenvalue weighted by Gasteiger charge is 2.46. The summed E-state index contributed by atoms with van der Waals surface area (Å²) >= 11 is 0. The van der Waals surface area contributed by atoms with Crippen molar-refractivity contribution in [1.82, 2.24) is 0 Å². The summed E-state index contributed by atoms with van der Waals surface area (Å²) in [6.45, 7) is 0.598. The third-order valence-corrected chi connectivity index (χ3v) is 3.44. The van der Waals surface area contributed by atoms with Crippen LogP contribution in [0.2, 0.25) is 0 Å². The number of benzene rings is 1. The Bertz CT molecular complexity index is 415. The lowest BCUT2D eigenvalue weighted by Crippen LogP contribution is -2.38. The van der Waals surface area contributed by atoms with Gasteiger partial charge in [0.1, 0.15) is 11.7 Å². The van der Waals surface area contributed by atoms with Crippen LogP contribution in [0.5, 0.6) is 0 Å². The van der Waals surface area contributed by atoms with E-state index in [1.807, 2.05) is 42.5 Å². The lowest BCUT2D eigenvalue weighted by molar-refractivity contribution is -0.172. The van der Waals surface area contributed by atoms with Crippen LogP contribution in [0.3, 0.4) is 0 Å². The zero-order chi connectivity index (χ0) is 11.7. The summed E-state index contributed by atoms with van der Waals surface area (Å²) in [5.41, 5.74) is 0.616. The van der Waals surface area contributed by atoms with Gasteiger partial charge >= 0.3 is 0 Å². The van der Waals surface area contributed by atoms with Gasteiger partial charge in [-0.3, -0.25) is 0 Å². The average Bonchev–Trinajstić information content (AvgIpc) is 2.73. The molecular formula is C14H16O3. The molecule has 2 aliphatic rings. The molecule has 90 valence electrons. The van der Waals surface area contributed by atoms with Crippen LogP contribution < -0.4 is 0 Å². The summed E-state index contributed by atoms with van der Waals surface area (Å²) in [6, 6.07) is 10.1. The Balaban J connectivity index is 1.95. The fraction of sp³-hybridized carbons (Fsp3) is 0.429. The zero-order valence-corrected chi connectivity index (χ0v) is 9.58. The second kappa shape index (κ2) is 4.26. The van der Waals surface area contributed by atoms with Crippen molar-refractivity contribution < 1.29 is 14.6 Å². The number of hydrogen-bond donors (Lipinski definition) is 1. The molecule has 2 heterocycles. The molecule has 17 heavy (non-hydrogen) atoms. The monoisotopic (exact) mass is 232 g/mol. The molecule has 3 rings (SSSR count). The van der Waals surface area contributed by atoms with Gasteiger partial charge in [-0.2, -0.15) is 0 Å². The second-order valence-electron chi connectivity index (χ2n) is 4.59. The number of ether oxygens (including phenoxy) is 2. The van der Waals surface area contributed by atoms with Crippen molar-refractivity contribution in [1.29, 1.82) is 0 Å². The van der Waals surface area contributed by atoms with Gasteiger partial charge in [-0.25, -0.2) is 0 Å². The topological polar surface area (TPSA) is 38.7 Å². The SMILES string of the molecule is OC1CCC2(C=CCO[C@H]2c2ccccc2)O1. The Kier molecular flexibility index (Phi) is 2.74. The smallest absolute Gasteiger partial charge is 0.155 e. The number of aliphatic hydroxyl groups is 1. The quantitative estimate of drug-likeness (QED) is 0.754. The predicted molar refractivity (Wildman–Crippen MR) is 63.3 cm³/mol. The minimum Gasteiger partial charge on any atom is -0.368 e. The molecule has 1 N–H and O–H groups in total. The summed E-state index contributed by atoms with van der Waals surface area (Å²) in [7, 11) is 0. The molecule has 1 fully saturated rings. The number of aliphatic hydroxyl groups excluding tert-OH is 1. The summed E-state index contributed by atoms with van der Waals surface area (Å²) in [6.07, 6.45) is 4.68. The van der Waals surface area contributed by atoms with Gasteiger partial charge in [0.15, 0.2) is 6.29 Å². The van der Waals surface area contributed by atoms with E-state index in [4.69, 9.17) is 9.47 Å². The molecule has 2 aliphatic heterocycles. The van der Waals surface area contributed by atoms with Crippen LogP contribution in [0, 0.1) is 0 Å². The Morgan fingerprint density at radius 1 is 1.24 bits per heavy atom. The van der Waals surface area contributed by atoms with Crippen LogP contribution in [0.25, 0.3) is 0 Å². The van der Waals surface area contributed by atoms with E-state index < -0.39 is 11.9 Å². The van der Waals surface area contributed by atoms with Crippen LogP contribution in [-0.4, -0.2) is 23.6 Å². The molecule has 0 aromatic heterocycles. The molecule has 2 unspecified atom stereocenters. The Morgan fingerprint density at radius 2 is 2.06 bits per heavy atom. The van der Waals surface area contributed by atoms with Crippen molar-refractivity contribution >= 4 is 0 Å². The van der Waals surface area contributed by atoms with Crippen LogP contribution >= 0.6 is 0 Å². The lowest BCUT2D eigenvalue weighted by atomic mass is 9.86. The fourth-order valence-corrected chi connectivity index (χ4v) is 2.67. The summed E-state index contributed by atoms with van der Waals surface area (Å²) in [4.78, 5) is 0. The van der Waals surface area contributed by atoms with E-state index >= 15 is 0 Å². The van der Waals surface area contributed by atoms with Crippen molar-refractivity contribution in [3.05, 3.63) is 48.0 Å². The molecule has 1 spiro atoms. The maximum Gasteiger partial charge on any atom is 0.155 e. The van der Waals surface area contributed by atoms with Crippen LogP contribution in [0.1, 0.15) is 24.5 Å². The number of hydrogen-bond acceptors (Lipinski definition) is 3. The molecule has 3 nitrogen and oxygen atoms in total. The maximum absolute atomic E-state index is 9.60. The first-order valence-corrected chi connectivity index (χ1v) is 6.00. The molecular weight excluding hydrogens is 216 g/mol. The largest absolute Gasteiger partial charge is 0.368 e. The van der Waals surface area contributed by atoms with Crippen LogP contribution in [0.4, 0.5) is 0 Å². The first kappa shape index (κ1) is 11.0. The molecule has 0 bridgehead atoms. The minimum atomic E-state index is -0.674. The molecule has 3 heteroatoms. The van der Waals surface area contributed by atoms with E-state index in [1.165, 1.54) is 0 Å². The van der Waals surface area contributed by atoms with Gasteiger partial charge in [-0.1, -0.05) is 42.5 Å². The van der Waals surface area contributed by atoms with Gasteiger partial charge in [-0.05, 0) is 12.0 Å². The van der Waals surface area contributed by atoms with Gasteiger partial charge in [0.05, 0.1) is 6.61 Å². The van der Waals surface area contributed by atoms with E-state index in [9.17, 15) is 5.11 Å². The van der Waals surface area contributed by atoms with Crippen LogP contribution in [-0.2, 0) is 9.47 Å². The van der Waals surface area contributed by atoms with Gasteiger partial charge in [0.25, 0.3) is 0 Å². The van der Waals surface area contributed by atoms with Crippen LogP contribution in [0.15, 0.2) is 42.5 Å². The van der Waals surface area contributed by atoms with E-state index in [1.54, 1.807) is 0 Å². The highest BCUT2D eigenvalue weighted by molar-refractivity contribution is 5.26. The van der Waals surface area contributed by atoms with Gasteiger partial charge in [0.2, 0.25) is 0 Å². The summed E-state index contributed by atoms with van der Waals surface area (Å²) < 4.78 is 11.5. The van der Waals surface area contributed by atoms with E-state index in [-0.39, 0.29) is 6.10 Å². The van der Waals surface area contributed by atoms with Crippen molar-refractivity contribution in [3.63, 3.8) is 0 Å². The molecule has 1 aromatic carbocycles. The standard InChI is InChI=1S/C14H16O3/c15-12-7-9-14(17-12)8-4-10-16-13(14)11-5-2-1-3-6-11/h1-6,8,12-13,15H,7,9-10H2/t12?,13-,14?/m0/s1. The lowest BCUT2D eigenvalue weighted by Gasteiger charge is -2.37. The van der Waals surface area contributed by atoms with Crippen molar-refractivity contribution in [3.8, 4) is 0 Å². The van der Waals surface area contributed by atoms with Crippen molar-refractivity contribution in [2.24, 2.45) is 0 Å². The summed E-state index contributed by atoms with van der Waals surface area (Å²) in [5, 5.41) is 9.60. The van der Waals surface area contributed by atoms with Gasteiger partial charge < -0.3 is 14.6 Å². The molecule has 1 saturated heterocycles. The average molecular weight is 232 g/mol. The first-order chi connectivity index (χ1) is 8.30. The first-order valence-electron chi connectivity index (χ1n) is 6.00.